The highest BCUT2D eigenvalue weighted by molar-refractivity contribution is 5.84. The van der Waals surface area contributed by atoms with Crippen molar-refractivity contribution in [1.29, 1.82) is 0 Å². The lowest BCUT2D eigenvalue weighted by molar-refractivity contribution is -0.232. The first-order valence-corrected chi connectivity index (χ1v) is 14.3. The lowest BCUT2D eigenvalue weighted by atomic mass is 9.31. The summed E-state index contributed by atoms with van der Waals surface area (Å²) < 4.78 is 5.81. The van der Waals surface area contributed by atoms with Crippen LogP contribution in [-0.4, -0.2) is 22.7 Å². The zero-order valence-electron chi connectivity index (χ0n) is 23.2. The van der Waals surface area contributed by atoms with E-state index in [4.69, 9.17) is 4.52 Å². The molecule has 0 amide bonds. The van der Waals surface area contributed by atoms with Crippen LogP contribution < -0.4 is 0 Å². The number of aliphatic hydroxyl groups is 1. The molecule has 4 nitrogen and oxygen atoms in total. The Kier molecular flexibility index (Phi) is 4.86. The van der Waals surface area contributed by atoms with Gasteiger partial charge < -0.3 is 9.63 Å². The van der Waals surface area contributed by atoms with Crippen LogP contribution in [0.4, 0.5) is 0 Å². The largest absolute Gasteiger partial charge is 0.396 e. The molecular formula is C31H47NO3. The zero-order valence-corrected chi connectivity index (χ0v) is 23.2. The molecule has 0 bridgehead atoms. The van der Waals surface area contributed by atoms with Crippen molar-refractivity contribution in [2.75, 3.05) is 6.61 Å². The molecule has 4 saturated carbocycles. The van der Waals surface area contributed by atoms with Crippen molar-refractivity contribution in [2.45, 2.75) is 112 Å². The van der Waals surface area contributed by atoms with Gasteiger partial charge in [0.15, 0.2) is 0 Å². The summed E-state index contributed by atoms with van der Waals surface area (Å²) in [6.07, 6.45) is 11.5. The minimum absolute atomic E-state index is 0.00317. The van der Waals surface area contributed by atoms with Gasteiger partial charge in [0.25, 0.3) is 0 Å². The summed E-state index contributed by atoms with van der Waals surface area (Å²) >= 11 is 0. The van der Waals surface area contributed by atoms with Crippen molar-refractivity contribution >= 4 is 5.78 Å². The average molecular weight is 482 g/mol. The summed E-state index contributed by atoms with van der Waals surface area (Å²) in [5.74, 6) is 2.86. The standard InChI is InChI=1S/C31H47NO3/c1-26(2)10-12-31(18-33)13-11-30(7)24(20(31)16-26)21(34)14-23-28(5)15-19-17-32-35-25(19)27(3,4)22(28)8-9-29(23,30)6/h17,20,22-24,33H,8-16,18H2,1-7H3/t20?,22-,23+,24?,28-,29+,30+,31+/m0/s1. The monoisotopic (exact) mass is 481 g/mol. The van der Waals surface area contributed by atoms with Crippen molar-refractivity contribution < 1.29 is 14.4 Å². The molecule has 4 heteroatoms. The first-order valence-electron chi connectivity index (χ1n) is 14.3. The fourth-order valence-corrected chi connectivity index (χ4v) is 11.4. The van der Waals surface area contributed by atoms with Gasteiger partial charge in [0.1, 0.15) is 11.5 Å². The van der Waals surface area contributed by atoms with E-state index in [0.717, 1.165) is 44.3 Å². The molecule has 5 aliphatic carbocycles. The van der Waals surface area contributed by atoms with Gasteiger partial charge in [-0.1, -0.05) is 53.6 Å². The number of aliphatic hydroxyl groups excluding tert-OH is 1. The first-order chi connectivity index (χ1) is 16.2. The smallest absolute Gasteiger partial charge is 0.145 e. The highest BCUT2D eigenvalue weighted by Crippen LogP contribution is 2.75. The van der Waals surface area contributed by atoms with Crippen LogP contribution in [0.2, 0.25) is 0 Å². The van der Waals surface area contributed by atoms with Crippen LogP contribution in [0.5, 0.6) is 0 Å². The Morgan fingerprint density at radius 3 is 2.40 bits per heavy atom. The maximum atomic E-state index is 14.4. The molecule has 1 N–H and O–H groups in total. The maximum Gasteiger partial charge on any atom is 0.145 e. The van der Waals surface area contributed by atoms with E-state index in [0.29, 0.717) is 30.0 Å². The Morgan fingerprint density at radius 1 is 0.971 bits per heavy atom. The fourth-order valence-electron chi connectivity index (χ4n) is 11.4. The number of fused-ring (bicyclic) bond motifs is 8. The van der Waals surface area contributed by atoms with Crippen LogP contribution in [0.3, 0.4) is 0 Å². The van der Waals surface area contributed by atoms with E-state index in [1.165, 1.54) is 18.4 Å². The molecule has 0 radical (unpaired) electrons. The van der Waals surface area contributed by atoms with E-state index in [9.17, 15) is 9.90 Å². The van der Waals surface area contributed by atoms with Crippen LogP contribution in [0.15, 0.2) is 10.7 Å². The molecule has 6 rings (SSSR count). The van der Waals surface area contributed by atoms with Gasteiger partial charge in [-0.2, -0.15) is 0 Å². The summed E-state index contributed by atoms with van der Waals surface area (Å²) in [6.45, 7) is 17.3. The molecule has 35 heavy (non-hydrogen) atoms. The van der Waals surface area contributed by atoms with Crippen molar-refractivity contribution in [3.8, 4) is 0 Å². The predicted octanol–water partition coefficient (Wildman–Crippen LogP) is 6.74. The Labute approximate surface area is 212 Å². The second kappa shape index (κ2) is 7.03. The number of carbonyl (C=O) groups excluding carboxylic acids is 1. The van der Waals surface area contributed by atoms with Gasteiger partial charge in [-0.25, -0.2) is 0 Å². The van der Waals surface area contributed by atoms with Gasteiger partial charge in [0, 0.05) is 29.9 Å². The Hall–Kier alpha value is -1.16. The lowest BCUT2D eigenvalue weighted by Gasteiger charge is -2.72. The van der Waals surface area contributed by atoms with Gasteiger partial charge in [-0.05, 0) is 96.2 Å². The normalized spacial score (nSPS) is 49.8. The van der Waals surface area contributed by atoms with Crippen LogP contribution in [0.25, 0.3) is 0 Å². The molecule has 0 spiro atoms. The number of hydrogen-bond acceptors (Lipinski definition) is 4. The van der Waals surface area contributed by atoms with E-state index < -0.39 is 0 Å². The highest BCUT2D eigenvalue weighted by atomic mass is 16.5. The summed E-state index contributed by atoms with van der Waals surface area (Å²) in [7, 11) is 0. The van der Waals surface area contributed by atoms with Gasteiger partial charge in [-0.3, -0.25) is 4.79 Å². The molecular weight excluding hydrogens is 434 g/mol. The molecule has 4 fully saturated rings. The van der Waals surface area contributed by atoms with E-state index in [1.54, 1.807) is 0 Å². The number of ketones is 1. The molecule has 0 aromatic carbocycles. The third-order valence-electron chi connectivity index (χ3n) is 13.4. The Morgan fingerprint density at radius 2 is 1.69 bits per heavy atom. The zero-order chi connectivity index (χ0) is 25.2. The summed E-state index contributed by atoms with van der Waals surface area (Å²) in [5, 5.41) is 14.9. The summed E-state index contributed by atoms with van der Waals surface area (Å²) in [4.78, 5) is 14.4. The quantitative estimate of drug-likeness (QED) is 0.482. The van der Waals surface area contributed by atoms with E-state index in [1.807, 2.05) is 6.20 Å². The fraction of sp³-hybridized carbons (Fsp3) is 0.871. The molecule has 194 valence electrons. The molecule has 1 aromatic heterocycles. The van der Waals surface area contributed by atoms with Gasteiger partial charge >= 0.3 is 0 Å². The van der Waals surface area contributed by atoms with Gasteiger partial charge in [0.2, 0.25) is 0 Å². The highest BCUT2D eigenvalue weighted by Gasteiger charge is 2.72. The average Bonchev–Trinajstić information content (AvgIpc) is 3.24. The number of Topliss-reactive ketones (excluding diaryl/α,β-unsaturated/α-hetero) is 1. The van der Waals surface area contributed by atoms with E-state index in [2.05, 4.69) is 53.6 Å². The number of hydrogen-bond donors (Lipinski definition) is 1. The molecule has 5 aliphatic rings. The molecule has 0 aliphatic heterocycles. The van der Waals surface area contributed by atoms with Crippen molar-refractivity contribution in [1.82, 2.24) is 5.16 Å². The van der Waals surface area contributed by atoms with Crippen LogP contribution >= 0.6 is 0 Å². The van der Waals surface area contributed by atoms with E-state index >= 15 is 0 Å². The Bertz CT molecular complexity index is 1060. The molecule has 1 heterocycles. The third-order valence-corrected chi connectivity index (χ3v) is 13.4. The van der Waals surface area contributed by atoms with Crippen LogP contribution in [0.1, 0.15) is 111 Å². The number of rotatable bonds is 1. The Balaban J connectivity index is 1.45. The SMILES string of the molecule is CC1(C)CC[C@]2(CO)CC[C@]3(C)C(C(=O)C[C@@H]4[C@@]5(C)Cc6cnoc6C(C)(C)[C@@H]5CC[C@]43C)C2C1. The van der Waals surface area contributed by atoms with Gasteiger partial charge in [0.05, 0.1) is 6.20 Å². The van der Waals surface area contributed by atoms with Crippen molar-refractivity contribution in [2.24, 2.45) is 50.7 Å². The second-order valence-electron chi connectivity index (χ2n) is 15.7. The van der Waals surface area contributed by atoms with Crippen LogP contribution in [0, 0.1) is 50.7 Å². The number of carbonyl (C=O) groups is 1. The molecule has 2 unspecified atom stereocenters. The third kappa shape index (κ3) is 2.84. The van der Waals surface area contributed by atoms with Crippen molar-refractivity contribution in [3.63, 3.8) is 0 Å². The number of nitrogens with zero attached hydrogens (tertiary/aromatic N) is 1. The van der Waals surface area contributed by atoms with Crippen molar-refractivity contribution in [3.05, 3.63) is 17.5 Å². The van der Waals surface area contributed by atoms with Crippen LogP contribution in [-0.2, 0) is 16.6 Å². The second-order valence-corrected chi connectivity index (χ2v) is 15.7. The summed E-state index contributed by atoms with van der Waals surface area (Å²) in [5.41, 5.74) is 1.59. The van der Waals surface area contributed by atoms with E-state index in [-0.39, 0.29) is 45.0 Å². The minimum atomic E-state index is -0.0625. The molecule has 0 saturated heterocycles. The molecule has 1 aromatic rings. The van der Waals surface area contributed by atoms with Gasteiger partial charge in [-0.15, -0.1) is 0 Å². The minimum Gasteiger partial charge on any atom is -0.396 e. The summed E-state index contributed by atoms with van der Waals surface area (Å²) in [6, 6.07) is 0. The topological polar surface area (TPSA) is 63.3 Å². The molecule has 8 atom stereocenters. The first kappa shape index (κ1) is 24.2. The lowest BCUT2D eigenvalue weighted by Crippen LogP contribution is -2.69. The maximum absolute atomic E-state index is 14.4. The predicted molar refractivity (Wildman–Crippen MR) is 137 cm³/mol. The number of aromatic nitrogens is 1.